The van der Waals surface area contributed by atoms with Gasteiger partial charge in [-0.3, -0.25) is 4.79 Å². The van der Waals surface area contributed by atoms with Crippen molar-refractivity contribution in [3.8, 4) is 0 Å². The standard InChI is InChI=1S/C13H25NO/c1-2-3-11-14(12-15)13-9-7-5-4-6-8-10-13/h12-13H,2-11H2,1H3. The van der Waals surface area contributed by atoms with E-state index in [0.29, 0.717) is 6.04 Å². The minimum atomic E-state index is 0.536. The van der Waals surface area contributed by atoms with Gasteiger partial charge in [0.15, 0.2) is 0 Å². The fraction of sp³-hybridized carbons (Fsp3) is 0.923. The van der Waals surface area contributed by atoms with Gasteiger partial charge in [-0.15, -0.1) is 0 Å². The van der Waals surface area contributed by atoms with Crippen LogP contribution in [-0.4, -0.2) is 23.9 Å². The van der Waals surface area contributed by atoms with Gasteiger partial charge in [-0.2, -0.15) is 0 Å². The van der Waals surface area contributed by atoms with E-state index in [2.05, 4.69) is 11.8 Å². The fourth-order valence-corrected chi connectivity index (χ4v) is 2.43. The lowest BCUT2D eigenvalue weighted by atomic mass is 9.96. The van der Waals surface area contributed by atoms with Gasteiger partial charge in [-0.05, 0) is 19.3 Å². The van der Waals surface area contributed by atoms with Gasteiger partial charge in [0.25, 0.3) is 0 Å². The number of nitrogens with zero attached hydrogens (tertiary/aromatic N) is 1. The number of hydrogen-bond donors (Lipinski definition) is 0. The molecule has 0 atom stereocenters. The van der Waals surface area contributed by atoms with Gasteiger partial charge < -0.3 is 4.90 Å². The third-order valence-electron chi connectivity index (χ3n) is 3.45. The van der Waals surface area contributed by atoms with Crippen LogP contribution in [-0.2, 0) is 4.79 Å². The van der Waals surface area contributed by atoms with Crippen LogP contribution in [0.1, 0.15) is 64.7 Å². The van der Waals surface area contributed by atoms with Gasteiger partial charge in [-0.1, -0.05) is 45.4 Å². The Morgan fingerprint density at radius 3 is 2.27 bits per heavy atom. The van der Waals surface area contributed by atoms with Crippen molar-refractivity contribution < 1.29 is 4.79 Å². The average molecular weight is 211 g/mol. The molecule has 2 heteroatoms. The molecule has 1 saturated carbocycles. The monoisotopic (exact) mass is 211 g/mol. The second kappa shape index (κ2) is 7.72. The lowest BCUT2D eigenvalue weighted by Gasteiger charge is -2.29. The molecule has 0 N–H and O–H groups in total. The normalized spacial score (nSPS) is 19.3. The van der Waals surface area contributed by atoms with E-state index in [0.717, 1.165) is 19.4 Å². The molecule has 0 aromatic heterocycles. The molecule has 1 aliphatic carbocycles. The van der Waals surface area contributed by atoms with E-state index < -0.39 is 0 Å². The first-order valence-electron chi connectivity index (χ1n) is 6.59. The fourth-order valence-electron chi connectivity index (χ4n) is 2.43. The number of carbonyl (C=O) groups excluding carboxylic acids is 1. The topological polar surface area (TPSA) is 20.3 Å². The van der Waals surface area contributed by atoms with E-state index in [4.69, 9.17) is 0 Å². The second-order valence-corrected chi connectivity index (χ2v) is 4.70. The molecule has 0 aromatic rings. The van der Waals surface area contributed by atoms with Gasteiger partial charge in [0.05, 0.1) is 0 Å². The minimum absolute atomic E-state index is 0.536. The van der Waals surface area contributed by atoms with Crippen LogP contribution in [0, 0.1) is 0 Å². The molecule has 15 heavy (non-hydrogen) atoms. The first-order valence-corrected chi connectivity index (χ1v) is 6.59. The van der Waals surface area contributed by atoms with Crippen molar-refractivity contribution in [2.45, 2.75) is 70.8 Å². The van der Waals surface area contributed by atoms with E-state index in [-0.39, 0.29) is 0 Å². The Kier molecular flexibility index (Phi) is 6.45. The van der Waals surface area contributed by atoms with Gasteiger partial charge >= 0.3 is 0 Å². The predicted octanol–water partition coefficient (Wildman–Crippen LogP) is 3.36. The van der Waals surface area contributed by atoms with Crippen molar-refractivity contribution in [2.75, 3.05) is 6.54 Å². The van der Waals surface area contributed by atoms with Gasteiger partial charge in [0, 0.05) is 12.6 Å². The summed E-state index contributed by atoms with van der Waals surface area (Å²) in [7, 11) is 0. The summed E-state index contributed by atoms with van der Waals surface area (Å²) in [6.45, 7) is 3.14. The number of amides is 1. The molecule has 0 unspecified atom stereocenters. The van der Waals surface area contributed by atoms with E-state index >= 15 is 0 Å². The number of rotatable bonds is 5. The maximum absolute atomic E-state index is 11.0. The van der Waals surface area contributed by atoms with Crippen molar-refractivity contribution in [1.82, 2.24) is 4.90 Å². The van der Waals surface area contributed by atoms with Crippen molar-refractivity contribution in [3.63, 3.8) is 0 Å². The zero-order valence-electron chi connectivity index (χ0n) is 10.1. The molecule has 0 heterocycles. The summed E-state index contributed by atoms with van der Waals surface area (Å²) in [5, 5.41) is 0. The van der Waals surface area contributed by atoms with Crippen molar-refractivity contribution in [3.05, 3.63) is 0 Å². The largest absolute Gasteiger partial charge is 0.342 e. The highest BCUT2D eigenvalue weighted by molar-refractivity contribution is 5.47. The van der Waals surface area contributed by atoms with E-state index in [1.54, 1.807) is 0 Å². The molecule has 1 amide bonds. The van der Waals surface area contributed by atoms with Crippen LogP contribution < -0.4 is 0 Å². The lowest BCUT2D eigenvalue weighted by Crippen LogP contribution is -2.35. The first kappa shape index (κ1) is 12.5. The third kappa shape index (κ3) is 4.67. The third-order valence-corrected chi connectivity index (χ3v) is 3.45. The molecular weight excluding hydrogens is 186 g/mol. The Hall–Kier alpha value is -0.530. The first-order chi connectivity index (χ1) is 7.38. The second-order valence-electron chi connectivity index (χ2n) is 4.70. The highest BCUT2D eigenvalue weighted by Crippen LogP contribution is 2.20. The van der Waals surface area contributed by atoms with Crippen LogP contribution in [0.15, 0.2) is 0 Å². The molecule has 1 fully saturated rings. The quantitative estimate of drug-likeness (QED) is 0.639. The molecule has 0 aliphatic heterocycles. The van der Waals surface area contributed by atoms with Crippen molar-refractivity contribution in [1.29, 1.82) is 0 Å². The molecule has 1 rings (SSSR count). The van der Waals surface area contributed by atoms with Crippen LogP contribution in [0.2, 0.25) is 0 Å². The van der Waals surface area contributed by atoms with E-state index in [1.807, 2.05) is 0 Å². The molecule has 2 nitrogen and oxygen atoms in total. The Labute approximate surface area is 94.0 Å². The highest BCUT2D eigenvalue weighted by atomic mass is 16.1. The van der Waals surface area contributed by atoms with Crippen molar-refractivity contribution in [2.24, 2.45) is 0 Å². The molecule has 0 spiro atoms. The summed E-state index contributed by atoms with van der Waals surface area (Å²) < 4.78 is 0. The van der Waals surface area contributed by atoms with Crippen LogP contribution in [0.3, 0.4) is 0 Å². The number of carbonyl (C=O) groups is 1. The molecular formula is C13H25NO. The van der Waals surface area contributed by atoms with Crippen LogP contribution in [0.25, 0.3) is 0 Å². The van der Waals surface area contributed by atoms with Crippen LogP contribution in [0.4, 0.5) is 0 Å². The Morgan fingerprint density at radius 2 is 1.73 bits per heavy atom. The molecule has 0 bridgehead atoms. The average Bonchev–Trinajstić information content (AvgIpc) is 2.21. The van der Waals surface area contributed by atoms with Gasteiger partial charge in [-0.25, -0.2) is 0 Å². The summed E-state index contributed by atoms with van der Waals surface area (Å²) in [5.74, 6) is 0. The Bertz CT molecular complexity index is 162. The maximum Gasteiger partial charge on any atom is 0.209 e. The number of unbranched alkanes of at least 4 members (excludes halogenated alkanes) is 1. The summed E-state index contributed by atoms with van der Waals surface area (Å²) in [5.41, 5.74) is 0. The van der Waals surface area contributed by atoms with Gasteiger partial charge in [0.2, 0.25) is 6.41 Å². The Morgan fingerprint density at radius 1 is 1.13 bits per heavy atom. The zero-order valence-corrected chi connectivity index (χ0v) is 10.1. The lowest BCUT2D eigenvalue weighted by molar-refractivity contribution is -0.120. The zero-order chi connectivity index (χ0) is 10.9. The van der Waals surface area contributed by atoms with Crippen LogP contribution >= 0.6 is 0 Å². The maximum atomic E-state index is 11.0. The molecule has 0 aromatic carbocycles. The summed E-state index contributed by atoms with van der Waals surface area (Å²) in [4.78, 5) is 13.1. The molecule has 0 radical (unpaired) electrons. The SMILES string of the molecule is CCCCN(C=O)C1CCCCCCC1. The summed E-state index contributed by atoms with van der Waals surface area (Å²) in [6, 6.07) is 0.536. The van der Waals surface area contributed by atoms with E-state index in [1.165, 1.54) is 51.4 Å². The smallest absolute Gasteiger partial charge is 0.209 e. The molecule has 88 valence electrons. The van der Waals surface area contributed by atoms with E-state index in [9.17, 15) is 4.79 Å². The Balaban J connectivity index is 2.37. The summed E-state index contributed by atoms with van der Waals surface area (Å²) >= 11 is 0. The van der Waals surface area contributed by atoms with Crippen molar-refractivity contribution >= 4 is 6.41 Å². The molecule has 1 aliphatic rings. The predicted molar refractivity (Wildman–Crippen MR) is 63.8 cm³/mol. The summed E-state index contributed by atoms with van der Waals surface area (Å²) in [6.07, 6.45) is 12.6. The van der Waals surface area contributed by atoms with Gasteiger partial charge in [0.1, 0.15) is 0 Å². The molecule has 0 saturated heterocycles. The van der Waals surface area contributed by atoms with Crippen LogP contribution in [0.5, 0.6) is 0 Å². The number of hydrogen-bond acceptors (Lipinski definition) is 1. The highest BCUT2D eigenvalue weighted by Gasteiger charge is 2.17. The minimum Gasteiger partial charge on any atom is -0.342 e.